The number of rotatable bonds is 6. The zero-order valence-electron chi connectivity index (χ0n) is 11.6. The van der Waals surface area contributed by atoms with E-state index in [0.717, 1.165) is 0 Å². The Hall–Kier alpha value is -1.17. The van der Waals surface area contributed by atoms with Gasteiger partial charge in [0.15, 0.2) is 0 Å². The van der Waals surface area contributed by atoms with Gasteiger partial charge in [0, 0.05) is 30.8 Å². The Labute approximate surface area is 128 Å². The van der Waals surface area contributed by atoms with Gasteiger partial charge in [0.05, 0.1) is 12.0 Å². The molecule has 8 heteroatoms. The molecule has 0 radical (unpaired) electrons. The summed E-state index contributed by atoms with van der Waals surface area (Å²) in [7, 11) is -2.23. The van der Waals surface area contributed by atoms with Crippen molar-refractivity contribution in [3.63, 3.8) is 0 Å². The highest BCUT2D eigenvalue weighted by Gasteiger charge is 2.26. The Morgan fingerprint density at radius 2 is 2.25 bits per heavy atom. The van der Waals surface area contributed by atoms with E-state index in [1.54, 1.807) is 6.92 Å². The van der Waals surface area contributed by atoms with Crippen molar-refractivity contribution in [2.75, 3.05) is 25.5 Å². The number of nitrogens with zero attached hydrogens (tertiary/aromatic N) is 3. The molecule has 0 aliphatic rings. The van der Waals surface area contributed by atoms with E-state index in [1.165, 1.54) is 23.6 Å². The number of pyridine rings is 1. The molecular weight excluding hydrogens is 344 g/mol. The molecule has 0 aliphatic heterocycles. The van der Waals surface area contributed by atoms with Gasteiger partial charge in [-0.1, -0.05) is 0 Å². The highest BCUT2D eigenvalue weighted by atomic mass is 79.9. The minimum atomic E-state index is -3.69. The smallest absolute Gasteiger partial charge is 0.246 e. The molecule has 0 saturated heterocycles. The largest absolute Gasteiger partial charge is 0.369 e. The Morgan fingerprint density at radius 1 is 1.60 bits per heavy atom. The second-order valence-corrected chi connectivity index (χ2v) is 7.28. The van der Waals surface area contributed by atoms with Gasteiger partial charge in [-0.2, -0.15) is 9.57 Å². The lowest BCUT2D eigenvalue weighted by atomic mass is 10.2. The number of nitriles is 1. The van der Waals surface area contributed by atoms with Crippen LogP contribution < -0.4 is 5.32 Å². The molecule has 1 aromatic rings. The van der Waals surface area contributed by atoms with Crippen molar-refractivity contribution >= 4 is 31.8 Å². The van der Waals surface area contributed by atoms with E-state index in [2.05, 4.69) is 26.2 Å². The van der Waals surface area contributed by atoms with Gasteiger partial charge < -0.3 is 5.32 Å². The molecule has 6 nitrogen and oxygen atoms in total. The summed E-state index contributed by atoms with van der Waals surface area (Å²) < 4.78 is 26.8. The normalized spacial score (nSPS) is 13.0. The average Bonchev–Trinajstić information content (AvgIpc) is 2.40. The van der Waals surface area contributed by atoms with Crippen molar-refractivity contribution in [1.29, 1.82) is 5.26 Å². The van der Waals surface area contributed by atoms with Gasteiger partial charge in [0.1, 0.15) is 10.7 Å². The molecule has 0 aliphatic carbocycles. The monoisotopic (exact) mass is 360 g/mol. The SMILES string of the molecule is CCNc1ncc(Br)cc1S(=O)(=O)N(C)CC(C)C#N. The number of nitrogens with one attached hydrogen (secondary N) is 1. The third-order valence-corrected chi connectivity index (χ3v) is 4.87. The maximum absolute atomic E-state index is 12.5. The van der Waals surface area contributed by atoms with Crippen molar-refractivity contribution in [3.8, 4) is 6.07 Å². The lowest BCUT2D eigenvalue weighted by Gasteiger charge is -2.20. The predicted octanol–water partition coefficient (Wildman–Crippen LogP) is 2.06. The third kappa shape index (κ3) is 3.91. The van der Waals surface area contributed by atoms with E-state index < -0.39 is 10.0 Å². The van der Waals surface area contributed by atoms with Crippen LogP contribution >= 0.6 is 15.9 Å². The molecule has 1 unspecified atom stereocenters. The van der Waals surface area contributed by atoms with Gasteiger partial charge in [-0.05, 0) is 35.8 Å². The van der Waals surface area contributed by atoms with Crippen molar-refractivity contribution in [2.45, 2.75) is 18.7 Å². The summed E-state index contributed by atoms with van der Waals surface area (Å²) >= 11 is 3.23. The van der Waals surface area contributed by atoms with E-state index in [-0.39, 0.29) is 17.4 Å². The van der Waals surface area contributed by atoms with E-state index in [9.17, 15) is 8.42 Å². The number of anilines is 1. The molecule has 0 spiro atoms. The molecular formula is C12H17BrN4O2S. The van der Waals surface area contributed by atoms with Crippen LogP contribution in [0.3, 0.4) is 0 Å². The van der Waals surface area contributed by atoms with Crippen LogP contribution in [-0.2, 0) is 10.0 Å². The topological polar surface area (TPSA) is 86.1 Å². The summed E-state index contributed by atoms with van der Waals surface area (Å²) in [6, 6.07) is 3.53. The Morgan fingerprint density at radius 3 is 2.80 bits per heavy atom. The van der Waals surface area contributed by atoms with E-state index in [4.69, 9.17) is 5.26 Å². The number of hydrogen-bond donors (Lipinski definition) is 1. The summed E-state index contributed by atoms with van der Waals surface area (Å²) in [6.45, 7) is 4.24. The van der Waals surface area contributed by atoms with Crippen LogP contribution in [0, 0.1) is 17.2 Å². The number of aromatic nitrogens is 1. The number of hydrogen-bond acceptors (Lipinski definition) is 5. The van der Waals surface area contributed by atoms with Crippen molar-refractivity contribution in [2.24, 2.45) is 5.92 Å². The third-order valence-electron chi connectivity index (χ3n) is 2.60. The molecule has 0 saturated carbocycles. The van der Waals surface area contributed by atoms with Crippen LogP contribution in [0.5, 0.6) is 0 Å². The van der Waals surface area contributed by atoms with Gasteiger partial charge in [0.2, 0.25) is 10.0 Å². The van der Waals surface area contributed by atoms with Gasteiger partial charge in [-0.25, -0.2) is 13.4 Å². The first-order valence-corrected chi connectivity index (χ1v) is 8.31. The summed E-state index contributed by atoms with van der Waals surface area (Å²) in [5, 5.41) is 11.7. The van der Waals surface area contributed by atoms with Gasteiger partial charge in [-0.3, -0.25) is 0 Å². The van der Waals surface area contributed by atoms with Crippen molar-refractivity contribution in [3.05, 3.63) is 16.7 Å². The predicted molar refractivity (Wildman–Crippen MR) is 80.7 cm³/mol. The van der Waals surface area contributed by atoms with Crippen LogP contribution in [0.4, 0.5) is 5.82 Å². The van der Waals surface area contributed by atoms with Crippen LogP contribution in [0.1, 0.15) is 13.8 Å². The lowest BCUT2D eigenvalue weighted by molar-refractivity contribution is 0.439. The minimum Gasteiger partial charge on any atom is -0.369 e. The fraction of sp³-hybridized carbons (Fsp3) is 0.500. The average molecular weight is 361 g/mol. The van der Waals surface area contributed by atoms with Crippen LogP contribution in [0.15, 0.2) is 21.6 Å². The maximum Gasteiger partial charge on any atom is 0.246 e. The Bertz CT molecular complexity index is 612. The van der Waals surface area contributed by atoms with Crippen molar-refractivity contribution < 1.29 is 8.42 Å². The Balaban J connectivity index is 3.21. The molecule has 1 aromatic heterocycles. The zero-order chi connectivity index (χ0) is 15.3. The van der Waals surface area contributed by atoms with Crippen LogP contribution in [-0.4, -0.2) is 37.8 Å². The first kappa shape index (κ1) is 16.9. The first-order valence-electron chi connectivity index (χ1n) is 6.08. The van der Waals surface area contributed by atoms with Gasteiger partial charge in [0.25, 0.3) is 0 Å². The molecule has 0 fully saturated rings. The second-order valence-electron chi connectivity index (χ2n) is 4.35. The minimum absolute atomic E-state index is 0.0985. The molecule has 1 rings (SSSR count). The molecule has 0 aromatic carbocycles. The molecule has 1 heterocycles. The van der Waals surface area contributed by atoms with Crippen LogP contribution in [0.25, 0.3) is 0 Å². The summed E-state index contributed by atoms with van der Waals surface area (Å²) in [5.74, 6) is -0.0652. The first-order chi connectivity index (χ1) is 9.32. The Kier molecular flexibility index (Phi) is 5.92. The summed E-state index contributed by atoms with van der Waals surface area (Å²) in [4.78, 5) is 4.19. The number of halogens is 1. The molecule has 1 N–H and O–H groups in total. The lowest BCUT2D eigenvalue weighted by Crippen LogP contribution is -2.31. The second kappa shape index (κ2) is 7.02. The quantitative estimate of drug-likeness (QED) is 0.838. The molecule has 0 amide bonds. The maximum atomic E-state index is 12.5. The fourth-order valence-corrected chi connectivity index (χ4v) is 3.49. The van der Waals surface area contributed by atoms with E-state index in [1.807, 2.05) is 13.0 Å². The summed E-state index contributed by atoms with van der Waals surface area (Å²) in [5.41, 5.74) is 0. The molecule has 0 bridgehead atoms. The van der Waals surface area contributed by atoms with Crippen LogP contribution in [0.2, 0.25) is 0 Å². The van der Waals surface area contributed by atoms with E-state index in [0.29, 0.717) is 16.8 Å². The molecule has 110 valence electrons. The molecule has 20 heavy (non-hydrogen) atoms. The zero-order valence-corrected chi connectivity index (χ0v) is 14.0. The van der Waals surface area contributed by atoms with Gasteiger partial charge >= 0.3 is 0 Å². The fourth-order valence-electron chi connectivity index (χ4n) is 1.61. The number of sulfonamides is 1. The van der Waals surface area contributed by atoms with Gasteiger partial charge in [-0.15, -0.1) is 0 Å². The summed E-state index contributed by atoms with van der Waals surface area (Å²) in [6.07, 6.45) is 1.54. The van der Waals surface area contributed by atoms with E-state index >= 15 is 0 Å². The molecule has 1 atom stereocenters. The standard InChI is InChI=1S/C12H17BrN4O2S/c1-4-15-12-11(5-10(13)7-16-12)20(18,19)17(3)8-9(2)6-14/h5,7,9H,4,8H2,1-3H3,(H,15,16). The highest BCUT2D eigenvalue weighted by Crippen LogP contribution is 2.25. The van der Waals surface area contributed by atoms with Crippen molar-refractivity contribution in [1.82, 2.24) is 9.29 Å². The highest BCUT2D eigenvalue weighted by molar-refractivity contribution is 9.10.